The van der Waals surface area contributed by atoms with E-state index in [1.807, 2.05) is 0 Å². The van der Waals surface area contributed by atoms with Crippen LogP contribution in [0, 0.1) is 5.82 Å². The van der Waals surface area contributed by atoms with E-state index in [4.69, 9.17) is 9.84 Å². The topological polar surface area (TPSA) is 78.9 Å². The molecule has 1 unspecified atom stereocenters. The Morgan fingerprint density at radius 1 is 1.50 bits per heavy atom. The summed E-state index contributed by atoms with van der Waals surface area (Å²) in [6.45, 7) is 0.312. The predicted octanol–water partition coefficient (Wildman–Crippen LogP) is 1.91. The van der Waals surface area contributed by atoms with Gasteiger partial charge in [-0.2, -0.15) is 0 Å². The Bertz CT molecular complexity index is 540. The van der Waals surface area contributed by atoms with Crippen LogP contribution in [-0.4, -0.2) is 47.8 Å². The molecule has 20 heavy (non-hydrogen) atoms. The van der Waals surface area contributed by atoms with E-state index < -0.39 is 23.9 Å². The summed E-state index contributed by atoms with van der Waals surface area (Å²) < 4.78 is 19.2. The van der Waals surface area contributed by atoms with Gasteiger partial charge in [-0.15, -0.1) is 0 Å². The molecule has 2 amide bonds. The number of benzene rings is 1. The third kappa shape index (κ3) is 3.26. The molecule has 0 aromatic heterocycles. The summed E-state index contributed by atoms with van der Waals surface area (Å²) in [5.41, 5.74) is -0.00571. The van der Waals surface area contributed by atoms with Crippen molar-refractivity contribution in [2.75, 3.05) is 25.1 Å². The van der Waals surface area contributed by atoms with Crippen LogP contribution in [0.25, 0.3) is 0 Å². The highest BCUT2D eigenvalue weighted by atomic mass is 79.9. The van der Waals surface area contributed by atoms with E-state index in [1.54, 1.807) is 6.07 Å². The van der Waals surface area contributed by atoms with Gasteiger partial charge in [0.15, 0.2) is 6.04 Å². The minimum Gasteiger partial charge on any atom is -0.480 e. The lowest BCUT2D eigenvalue weighted by atomic mass is 10.2. The number of carbonyl (C=O) groups excluding carboxylic acids is 1. The standard InChI is InChI=1S/C12H12BrFN2O4/c13-7-1-2-9(8(14)5-7)15-12(19)16-3-4-20-6-10(16)11(17)18/h1-2,5,10H,3-4,6H2,(H,15,19)(H,17,18). The number of hydrogen-bond donors (Lipinski definition) is 2. The number of halogens is 2. The van der Waals surface area contributed by atoms with Crippen molar-refractivity contribution in [3.05, 3.63) is 28.5 Å². The summed E-state index contributed by atoms with van der Waals surface area (Å²) in [6, 6.07) is 2.45. The smallest absolute Gasteiger partial charge is 0.328 e. The van der Waals surface area contributed by atoms with Crippen molar-refractivity contribution in [3.63, 3.8) is 0 Å². The summed E-state index contributed by atoms with van der Waals surface area (Å²) in [6.07, 6.45) is 0. The number of nitrogens with one attached hydrogen (secondary N) is 1. The fourth-order valence-corrected chi connectivity index (χ4v) is 2.16. The molecule has 1 fully saturated rings. The van der Waals surface area contributed by atoms with E-state index in [-0.39, 0.29) is 25.4 Å². The molecular formula is C12H12BrFN2O4. The summed E-state index contributed by atoms with van der Waals surface area (Å²) >= 11 is 3.11. The monoisotopic (exact) mass is 346 g/mol. The first-order valence-electron chi connectivity index (χ1n) is 5.82. The SMILES string of the molecule is O=C(O)C1COCCN1C(=O)Nc1ccc(Br)cc1F. The van der Waals surface area contributed by atoms with E-state index >= 15 is 0 Å². The summed E-state index contributed by atoms with van der Waals surface area (Å²) in [5.74, 6) is -1.76. The van der Waals surface area contributed by atoms with Gasteiger partial charge in [0.2, 0.25) is 0 Å². The maximum atomic E-state index is 13.6. The molecule has 0 spiro atoms. The molecule has 6 nitrogen and oxygen atoms in total. The Balaban J connectivity index is 2.12. The third-order valence-corrected chi connectivity index (χ3v) is 3.34. The molecular weight excluding hydrogens is 335 g/mol. The van der Waals surface area contributed by atoms with Crippen LogP contribution in [0.15, 0.2) is 22.7 Å². The average Bonchev–Trinajstić information content (AvgIpc) is 2.41. The van der Waals surface area contributed by atoms with Crippen LogP contribution >= 0.6 is 15.9 Å². The maximum absolute atomic E-state index is 13.6. The molecule has 1 atom stereocenters. The highest BCUT2D eigenvalue weighted by Gasteiger charge is 2.33. The molecule has 0 radical (unpaired) electrons. The maximum Gasteiger partial charge on any atom is 0.328 e. The number of nitrogens with zero attached hydrogens (tertiary/aromatic N) is 1. The second kappa shape index (κ2) is 6.19. The lowest BCUT2D eigenvalue weighted by Crippen LogP contribution is -2.54. The van der Waals surface area contributed by atoms with Gasteiger partial charge in [-0.05, 0) is 18.2 Å². The predicted molar refractivity (Wildman–Crippen MR) is 72.1 cm³/mol. The number of carboxylic acid groups (broad SMARTS) is 1. The number of urea groups is 1. The quantitative estimate of drug-likeness (QED) is 0.857. The number of carboxylic acids is 1. The van der Waals surface area contributed by atoms with E-state index in [0.717, 1.165) is 4.90 Å². The van der Waals surface area contributed by atoms with Gasteiger partial charge in [0, 0.05) is 11.0 Å². The minimum atomic E-state index is -1.16. The highest BCUT2D eigenvalue weighted by molar-refractivity contribution is 9.10. The molecule has 1 aromatic rings. The fraction of sp³-hybridized carbons (Fsp3) is 0.333. The van der Waals surface area contributed by atoms with Crippen LogP contribution in [0.5, 0.6) is 0 Å². The van der Waals surface area contributed by atoms with E-state index in [0.29, 0.717) is 4.47 Å². The van der Waals surface area contributed by atoms with Gasteiger partial charge in [-0.1, -0.05) is 15.9 Å². The molecule has 0 saturated carbocycles. The molecule has 1 aliphatic rings. The van der Waals surface area contributed by atoms with Crippen molar-refractivity contribution in [2.24, 2.45) is 0 Å². The zero-order valence-corrected chi connectivity index (χ0v) is 11.9. The van der Waals surface area contributed by atoms with Crippen LogP contribution in [0.1, 0.15) is 0 Å². The number of hydrogen-bond acceptors (Lipinski definition) is 3. The van der Waals surface area contributed by atoms with Crippen molar-refractivity contribution < 1.29 is 23.8 Å². The molecule has 2 N–H and O–H groups in total. The first-order valence-corrected chi connectivity index (χ1v) is 6.61. The van der Waals surface area contributed by atoms with Crippen LogP contribution in [0.3, 0.4) is 0 Å². The van der Waals surface area contributed by atoms with E-state index in [9.17, 15) is 14.0 Å². The molecule has 8 heteroatoms. The Kier molecular flexibility index (Phi) is 4.56. The normalized spacial score (nSPS) is 18.7. The number of carbonyl (C=O) groups is 2. The second-order valence-electron chi connectivity index (χ2n) is 4.18. The fourth-order valence-electron chi connectivity index (χ4n) is 1.83. The molecule has 0 aliphatic carbocycles. The summed E-state index contributed by atoms with van der Waals surface area (Å²) in [7, 11) is 0. The molecule has 1 saturated heterocycles. The lowest BCUT2D eigenvalue weighted by molar-refractivity contribution is -0.147. The molecule has 1 aliphatic heterocycles. The number of aliphatic carboxylic acids is 1. The lowest BCUT2D eigenvalue weighted by Gasteiger charge is -2.32. The third-order valence-electron chi connectivity index (χ3n) is 2.85. The van der Waals surface area contributed by atoms with Gasteiger partial charge in [0.1, 0.15) is 5.82 Å². The zero-order valence-electron chi connectivity index (χ0n) is 10.3. The van der Waals surface area contributed by atoms with E-state index in [2.05, 4.69) is 21.2 Å². The van der Waals surface area contributed by atoms with Crippen molar-refractivity contribution in [3.8, 4) is 0 Å². The van der Waals surface area contributed by atoms with Gasteiger partial charge >= 0.3 is 12.0 Å². The molecule has 1 heterocycles. The van der Waals surface area contributed by atoms with Gasteiger partial charge in [-0.3, -0.25) is 0 Å². The minimum absolute atomic E-state index is 0.00571. The van der Waals surface area contributed by atoms with Crippen molar-refractivity contribution in [1.82, 2.24) is 4.90 Å². The molecule has 0 bridgehead atoms. The average molecular weight is 347 g/mol. The first kappa shape index (κ1) is 14.7. The first-order chi connectivity index (χ1) is 9.49. The Labute approximate surface area is 122 Å². The van der Waals surface area contributed by atoms with Crippen molar-refractivity contribution in [1.29, 1.82) is 0 Å². The van der Waals surface area contributed by atoms with Gasteiger partial charge < -0.3 is 20.1 Å². The molecule has 1 aromatic carbocycles. The van der Waals surface area contributed by atoms with Crippen LogP contribution < -0.4 is 5.32 Å². The zero-order chi connectivity index (χ0) is 14.7. The van der Waals surface area contributed by atoms with Crippen molar-refractivity contribution >= 4 is 33.6 Å². The van der Waals surface area contributed by atoms with Gasteiger partial charge in [0.25, 0.3) is 0 Å². The Morgan fingerprint density at radius 2 is 2.25 bits per heavy atom. The number of rotatable bonds is 2. The Morgan fingerprint density at radius 3 is 2.90 bits per heavy atom. The molecule has 108 valence electrons. The second-order valence-corrected chi connectivity index (χ2v) is 5.09. The van der Waals surface area contributed by atoms with Gasteiger partial charge in [0.05, 0.1) is 18.9 Å². The number of amides is 2. The van der Waals surface area contributed by atoms with Gasteiger partial charge in [-0.25, -0.2) is 14.0 Å². The van der Waals surface area contributed by atoms with Crippen LogP contribution in [0.2, 0.25) is 0 Å². The molecule has 2 rings (SSSR count). The van der Waals surface area contributed by atoms with Crippen LogP contribution in [0.4, 0.5) is 14.9 Å². The van der Waals surface area contributed by atoms with Crippen molar-refractivity contribution in [2.45, 2.75) is 6.04 Å². The largest absolute Gasteiger partial charge is 0.480 e. The van der Waals surface area contributed by atoms with E-state index in [1.165, 1.54) is 12.1 Å². The summed E-state index contributed by atoms with van der Waals surface area (Å²) in [5, 5.41) is 11.4. The summed E-state index contributed by atoms with van der Waals surface area (Å²) in [4.78, 5) is 24.2. The number of ether oxygens (including phenoxy) is 1. The number of anilines is 1. The van der Waals surface area contributed by atoms with Crippen LogP contribution in [-0.2, 0) is 9.53 Å². The number of morpholine rings is 1. The highest BCUT2D eigenvalue weighted by Crippen LogP contribution is 2.20. The Hall–Kier alpha value is -1.67.